The third-order valence-electron chi connectivity index (χ3n) is 4.33. The van der Waals surface area contributed by atoms with Crippen LogP contribution < -0.4 is 10.6 Å². The Morgan fingerprint density at radius 3 is 2.40 bits per heavy atom. The highest BCUT2D eigenvalue weighted by atomic mass is 32.1. The zero-order valence-corrected chi connectivity index (χ0v) is 17.9. The van der Waals surface area contributed by atoms with Crippen LogP contribution in [0.3, 0.4) is 0 Å². The monoisotopic (exact) mass is 430 g/mol. The first-order valence-corrected chi connectivity index (χ1v) is 10.7. The molecule has 2 amide bonds. The van der Waals surface area contributed by atoms with Crippen molar-refractivity contribution in [3.05, 3.63) is 52.2 Å². The van der Waals surface area contributed by atoms with Crippen molar-refractivity contribution in [3.63, 3.8) is 0 Å². The molecule has 8 heteroatoms. The lowest BCUT2D eigenvalue weighted by Crippen LogP contribution is -2.32. The molecule has 0 aliphatic rings. The van der Waals surface area contributed by atoms with Gasteiger partial charge in [0.05, 0.1) is 11.3 Å². The predicted octanol–water partition coefficient (Wildman–Crippen LogP) is 3.35. The Morgan fingerprint density at radius 2 is 1.77 bits per heavy atom. The molecule has 0 aliphatic carbocycles. The molecule has 1 aromatic heterocycles. The highest BCUT2D eigenvalue weighted by Gasteiger charge is 2.18. The molecular weight excluding hydrogens is 404 g/mol. The molecule has 0 fully saturated rings. The standard InChI is InChI=1S/C22H26N2O5S/c1-3-16-6-8-17(9-7-16)24-22(28)15(2)29-21(27)12-13-23-20(26)11-10-18(25)19-5-4-14-30-19/h4-9,14-15H,3,10-13H2,1-2H3,(H,23,26)(H,24,28). The van der Waals surface area contributed by atoms with E-state index in [2.05, 4.69) is 10.6 Å². The second kappa shape index (κ2) is 11.9. The Balaban J connectivity index is 1.63. The summed E-state index contributed by atoms with van der Waals surface area (Å²) in [4.78, 5) is 48.3. The number of carbonyl (C=O) groups is 4. The summed E-state index contributed by atoms with van der Waals surface area (Å²) in [5, 5.41) is 7.08. The van der Waals surface area contributed by atoms with Crippen LogP contribution in [0.2, 0.25) is 0 Å². The van der Waals surface area contributed by atoms with E-state index in [1.807, 2.05) is 24.4 Å². The van der Waals surface area contributed by atoms with Gasteiger partial charge in [0.2, 0.25) is 5.91 Å². The average Bonchev–Trinajstić information content (AvgIpc) is 3.27. The van der Waals surface area contributed by atoms with Crippen LogP contribution in [0.4, 0.5) is 5.69 Å². The zero-order valence-electron chi connectivity index (χ0n) is 17.1. The average molecular weight is 431 g/mol. The molecule has 0 saturated heterocycles. The maximum absolute atomic E-state index is 12.1. The number of thiophene rings is 1. The maximum atomic E-state index is 12.1. The molecule has 0 bridgehead atoms. The van der Waals surface area contributed by atoms with Crippen LogP contribution in [0.1, 0.15) is 48.3 Å². The Kier molecular flexibility index (Phi) is 9.21. The van der Waals surface area contributed by atoms with Gasteiger partial charge in [0.1, 0.15) is 0 Å². The third-order valence-corrected chi connectivity index (χ3v) is 5.24. The first-order valence-electron chi connectivity index (χ1n) is 9.81. The van der Waals surface area contributed by atoms with Crippen LogP contribution in [0.25, 0.3) is 0 Å². The number of nitrogens with one attached hydrogen (secondary N) is 2. The quantitative estimate of drug-likeness (QED) is 0.420. The van der Waals surface area contributed by atoms with Gasteiger partial charge in [-0.3, -0.25) is 19.2 Å². The van der Waals surface area contributed by atoms with E-state index in [4.69, 9.17) is 4.74 Å². The molecule has 0 spiro atoms. The number of ketones is 1. The molecule has 0 aliphatic heterocycles. The smallest absolute Gasteiger partial charge is 0.308 e. The highest BCUT2D eigenvalue weighted by Crippen LogP contribution is 2.12. The minimum Gasteiger partial charge on any atom is -0.452 e. The molecule has 2 aromatic rings. The van der Waals surface area contributed by atoms with Gasteiger partial charge in [-0.1, -0.05) is 25.1 Å². The van der Waals surface area contributed by atoms with Crippen molar-refractivity contribution in [2.75, 3.05) is 11.9 Å². The lowest BCUT2D eigenvalue weighted by molar-refractivity contribution is -0.153. The fraction of sp³-hybridized carbons (Fsp3) is 0.364. The molecule has 1 heterocycles. The first kappa shape index (κ1) is 23.3. The summed E-state index contributed by atoms with van der Waals surface area (Å²) < 4.78 is 5.10. The molecule has 160 valence electrons. The normalized spacial score (nSPS) is 11.4. The van der Waals surface area contributed by atoms with Crippen LogP contribution in [0.15, 0.2) is 41.8 Å². The summed E-state index contributed by atoms with van der Waals surface area (Å²) >= 11 is 1.34. The summed E-state index contributed by atoms with van der Waals surface area (Å²) in [6, 6.07) is 10.9. The zero-order chi connectivity index (χ0) is 21.9. The van der Waals surface area contributed by atoms with Crippen molar-refractivity contribution in [3.8, 4) is 0 Å². The third kappa shape index (κ3) is 7.79. The maximum Gasteiger partial charge on any atom is 0.308 e. The van der Waals surface area contributed by atoms with Crippen molar-refractivity contribution >= 4 is 40.6 Å². The van der Waals surface area contributed by atoms with Crippen molar-refractivity contribution in [1.29, 1.82) is 0 Å². The number of hydrogen-bond donors (Lipinski definition) is 2. The minimum absolute atomic E-state index is 0.0570. The molecule has 30 heavy (non-hydrogen) atoms. The van der Waals surface area contributed by atoms with E-state index < -0.39 is 18.0 Å². The fourth-order valence-electron chi connectivity index (χ4n) is 2.56. The number of Topliss-reactive ketones (excluding diaryl/α,β-unsaturated/α-hetero) is 1. The lowest BCUT2D eigenvalue weighted by Gasteiger charge is -2.14. The van der Waals surface area contributed by atoms with E-state index in [0.29, 0.717) is 10.6 Å². The molecule has 0 radical (unpaired) electrons. The van der Waals surface area contributed by atoms with E-state index in [9.17, 15) is 19.2 Å². The van der Waals surface area contributed by atoms with E-state index in [-0.39, 0.29) is 37.5 Å². The number of carbonyl (C=O) groups excluding carboxylic acids is 4. The van der Waals surface area contributed by atoms with E-state index in [0.717, 1.165) is 12.0 Å². The van der Waals surface area contributed by atoms with Crippen molar-refractivity contribution in [2.24, 2.45) is 0 Å². The van der Waals surface area contributed by atoms with Gasteiger partial charge in [0.25, 0.3) is 5.91 Å². The van der Waals surface area contributed by atoms with Gasteiger partial charge in [0, 0.05) is 25.1 Å². The predicted molar refractivity (Wildman–Crippen MR) is 116 cm³/mol. The van der Waals surface area contributed by atoms with Crippen LogP contribution in [-0.4, -0.2) is 36.2 Å². The molecule has 1 atom stereocenters. The first-order chi connectivity index (χ1) is 14.4. The molecule has 1 unspecified atom stereocenters. The number of rotatable bonds is 11. The number of esters is 1. The van der Waals surface area contributed by atoms with Gasteiger partial charge in [-0.15, -0.1) is 11.3 Å². The number of benzene rings is 1. The van der Waals surface area contributed by atoms with Crippen molar-refractivity contribution in [1.82, 2.24) is 5.32 Å². The summed E-state index contributed by atoms with van der Waals surface area (Å²) in [7, 11) is 0. The molecule has 1 aromatic carbocycles. The van der Waals surface area contributed by atoms with Crippen molar-refractivity contribution in [2.45, 2.75) is 45.6 Å². The number of aryl methyl sites for hydroxylation is 1. The van der Waals surface area contributed by atoms with Gasteiger partial charge in [0.15, 0.2) is 11.9 Å². The minimum atomic E-state index is -0.956. The molecular formula is C22H26N2O5S. The molecule has 7 nitrogen and oxygen atoms in total. The van der Waals surface area contributed by atoms with Gasteiger partial charge in [-0.25, -0.2) is 0 Å². The summed E-state index contributed by atoms with van der Waals surface area (Å²) in [5.41, 5.74) is 1.79. The summed E-state index contributed by atoms with van der Waals surface area (Å²) in [5.74, 6) is -1.41. The Labute approximate surface area is 179 Å². The van der Waals surface area contributed by atoms with E-state index >= 15 is 0 Å². The second-order valence-corrected chi connectivity index (χ2v) is 7.62. The van der Waals surface area contributed by atoms with Crippen LogP contribution in [0, 0.1) is 0 Å². The Hall–Kier alpha value is -3.00. The lowest BCUT2D eigenvalue weighted by atomic mass is 10.1. The van der Waals surface area contributed by atoms with E-state index in [1.165, 1.54) is 18.3 Å². The van der Waals surface area contributed by atoms with Gasteiger partial charge in [-0.2, -0.15) is 0 Å². The van der Waals surface area contributed by atoms with Gasteiger partial charge in [-0.05, 0) is 42.5 Å². The Morgan fingerprint density at radius 1 is 1.03 bits per heavy atom. The van der Waals surface area contributed by atoms with Crippen LogP contribution >= 0.6 is 11.3 Å². The summed E-state index contributed by atoms with van der Waals surface area (Å²) in [6.45, 7) is 3.61. The van der Waals surface area contributed by atoms with Crippen LogP contribution in [-0.2, 0) is 25.5 Å². The SMILES string of the molecule is CCc1ccc(NC(=O)C(C)OC(=O)CCNC(=O)CCC(=O)c2cccs2)cc1. The summed E-state index contributed by atoms with van der Waals surface area (Å²) in [6.07, 6.45) is 0.0636. The number of amides is 2. The fourth-order valence-corrected chi connectivity index (χ4v) is 3.25. The topological polar surface area (TPSA) is 102 Å². The van der Waals surface area contributed by atoms with Crippen molar-refractivity contribution < 1.29 is 23.9 Å². The Bertz CT molecular complexity index is 862. The van der Waals surface area contributed by atoms with E-state index in [1.54, 1.807) is 24.3 Å². The van der Waals surface area contributed by atoms with Crippen LogP contribution in [0.5, 0.6) is 0 Å². The second-order valence-electron chi connectivity index (χ2n) is 6.67. The number of hydrogen-bond acceptors (Lipinski definition) is 6. The number of anilines is 1. The molecule has 2 N–H and O–H groups in total. The van der Waals surface area contributed by atoms with Gasteiger partial charge >= 0.3 is 5.97 Å². The number of ether oxygens (including phenoxy) is 1. The highest BCUT2D eigenvalue weighted by molar-refractivity contribution is 7.12. The van der Waals surface area contributed by atoms with Gasteiger partial charge < -0.3 is 15.4 Å². The largest absolute Gasteiger partial charge is 0.452 e. The molecule has 0 saturated carbocycles. The molecule has 2 rings (SSSR count).